The minimum atomic E-state index is -4.58. The number of hydrazine groups is 2. The van der Waals surface area contributed by atoms with Gasteiger partial charge in [0.1, 0.15) is 5.25 Å². The summed E-state index contributed by atoms with van der Waals surface area (Å²) in [5, 5.41) is -0.390. The van der Waals surface area contributed by atoms with Gasteiger partial charge in [0.2, 0.25) is 0 Å². The second-order valence-electron chi connectivity index (χ2n) is 4.61. The van der Waals surface area contributed by atoms with Crippen LogP contribution in [0.25, 0.3) is 0 Å². The molecule has 0 aromatic heterocycles. The third-order valence-corrected chi connectivity index (χ3v) is 3.61. The molecule has 0 fully saturated rings. The lowest BCUT2D eigenvalue weighted by molar-refractivity contribution is -0.128. The first-order valence-electron chi connectivity index (χ1n) is 5.78. The number of carbonyl (C=O) groups excluding carboxylic acids is 2. The topological polar surface area (TPSA) is 147 Å². The van der Waals surface area contributed by atoms with E-state index in [-0.39, 0.29) is 11.1 Å². The molecule has 120 valence electrons. The zero-order valence-electron chi connectivity index (χ0n) is 11.9. The summed E-state index contributed by atoms with van der Waals surface area (Å²) in [6.07, 6.45) is 0. The van der Waals surface area contributed by atoms with E-state index in [1.165, 1.54) is 13.8 Å². The Labute approximate surface area is 123 Å². The lowest BCUT2D eigenvalue weighted by Crippen LogP contribution is -2.52. The predicted molar refractivity (Wildman–Crippen MR) is 76.8 cm³/mol. The Morgan fingerprint density at radius 3 is 1.52 bits per heavy atom. The summed E-state index contributed by atoms with van der Waals surface area (Å²) >= 11 is 0. The Balaban J connectivity index is 5.09. The average molecular weight is 320 g/mol. The third-order valence-electron chi connectivity index (χ3n) is 2.47. The summed E-state index contributed by atoms with van der Waals surface area (Å²) in [5.74, 6) is 9.43. The summed E-state index contributed by atoms with van der Waals surface area (Å²) in [4.78, 5) is 23.1. The third kappa shape index (κ3) is 6.04. The molecule has 0 aromatic carbocycles. The second kappa shape index (κ2) is 7.31. The standard InChI is InChI=1S/C11H20N4O5S/c1-7(2)10(16)14(12)5-9(21(18,19)20)6-15(13)11(17)8(3)4/h9H,1,3,5-6,12-13H2,2,4H3,(H,18,19,20). The van der Waals surface area contributed by atoms with Crippen LogP contribution in [0.3, 0.4) is 0 Å². The number of nitrogens with zero attached hydrogens (tertiary/aromatic N) is 2. The van der Waals surface area contributed by atoms with Crippen LogP contribution in [0.15, 0.2) is 24.3 Å². The first-order chi connectivity index (χ1) is 9.37. The highest BCUT2D eigenvalue weighted by Crippen LogP contribution is 2.06. The smallest absolute Gasteiger partial charge is 0.271 e. The molecule has 9 nitrogen and oxygen atoms in total. The van der Waals surface area contributed by atoms with Gasteiger partial charge < -0.3 is 0 Å². The van der Waals surface area contributed by atoms with Crippen molar-refractivity contribution in [3.05, 3.63) is 24.3 Å². The molecule has 0 saturated carbocycles. The Kier molecular flexibility index (Phi) is 6.70. The monoisotopic (exact) mass is 320 g/mol. The van der Waals surface area contributed by atoms with Gasteiger partial charge in [0.25, 0.3) is 21.9 Å². The Morgan fingerprint density at radius 1 is 1.05 bits per heavy atom. The van der Waals surface area contributed by atoms with E-state index in [1.807, 2.05) is 0 Å². The number of hydrogen-bond acceptors (Lipinski definition) is 6. The molecule has 0 atom stereocenters. The van der Waals surface area contributed by atoms with Gasteiger partial charge in [0.05, 0.1) is 13.1 Å². The molecule has 21 heavy (non-hydrogen) atoms. The van der Waals surface area contributed by atoms with Crippen LogP contribution in [0, 0.1) is 0 Å². The van der Waals surface area contributed by atoms with E-state index in [1.54, 1.807) is 0 Å². The SMILES string of the molecule is C=C(C)C(=O)N(N)CC(CN(N)C(=O)C(=C)C)S(=O)(=O)O. The van der Waals surface area contributed by atoms with Crippen molar-refractivity contribution in [2.45, 2.75) is 19.1 Å². The van der Waals surface area contributed by atoms with Gasteiger partial charge in [-0.25, -0.2) is 11.7 Å². The minimum absolute atomic E-state index is 0.0919. The maximum Gasteiger partial charge on any atom is 0.271 e. The van der Waals surface area contributed by atoms with E-state index in [4.69, 9.17) is 16.2 Å². The summed E-state index contributed by atoms with van der Waals surface area (Å²) in [7, 11) is -4.58. The molecule has 0 unspecified atom stereocenters. The molecule has 0 rings (SSSR count). The van der Waals surface area contributed by atoms with Gasteiger partial charge in [-0.2, -0.15) is 8.42 Å². The lowest BCUT2D eigenvalue weighted by atomic mass is 10.3. The summed E-state index contributed by atoms with van der Waals surface area (Å²) in [6.45, 7) is 8.43. The van der Waals surface area contributed by atoms with Gasteiger partial charge in [-0.05, 0) is 13.8 Å². The maximum absolute atomic E-state index is 11.5. The van der Waals surface area contributed by atoms with Crippen LogP contribution >= 0.6 is 0 Å². The van der Waals surface area contributed by atoms with Crippen LogP contribution in [-0.2, 0) is 19.7 Å². The maximum atomic E-state index is 11.5. The molecule has 5 N–H and O–H groups in total. The van der Waals surface area contributed by atoms with Gasteiger partial charge in [-0.1, -0.05) is 13.2 Å². The number of rotatable bonds is 7. The van der Waals surface area contributed by atoms with Crippen LogP contribution in [0.4, 0.5) is 0 Å². The van der Waals surface area contributed by atoms with E-state index < -0.39 is 40.3 Å². The molecular weight excluding hydrogens is 300 g/mol. The van der Waals surface area contributed by atoms with Crippen molar-refractivity contribution in [2.75, 3.05) is 13.1 Å². The molecule has 0 bridgehead atoms. The van der Waals surface area contributed by atoms with Gasteiger partial charge >= 0.3 is 0 Å². The largest absolute Gasteiger partial charge is 0.285 e. The second-order valence-corrected chi connectivity index (χ2v) is 6.31. The molecule has 0 aliphatic heterocycles. The number of hydrogen-bond donors (Lipinski definition) is 3. The molecule has 0 radical (unpaired) electrons. The molecule has 0 heterocycles. The molecule has 0 aromatic rings. The number of nitrogens with two attached hydrogens (primary N) is 2. The summed E-state index contributed by atoms with van der Waals surface area (Å²) in [5.41, 5.74) is 0.184. The lowest BCUT2D eigenvalue weighted by Gasteiger charge is -2.25. The van der Waals surface area contributed by atoms with Crippen molar-refractivity contribution in [2.24, 2.45) is 11.7 Å². The van der Waals surface area contributed by atoms with E-state index in [0.29, 0.717) is 10.0 Å². The number of carbonyl (C=O) groups is 2. The Morgan fingerprint density at radius 2 is 1.33 bits per heavy atom. The fourth-order valence-electron chi connectivity index (χ4n) is 1.34. The average Bonchev–Trinajstić information content (AvgIpc) is 2.34. The highest BCUT2D eigenvalue weighted by atomic mass is 32.2. The highest BCUT2D eigenvalue weighted by molar-refractivity contribution is 7.86. The molecule has 0 aliphatic carbocycles. The molecule has 0 saturated heterocycles. The van der Waals surface area contributed by atoms with Gasteiger partial charge in [-0.15, -0.1) is 0 Å². The van der Waals surface area contributed by atoms with Crippen molar-refractivity contribution in [1.82, 2.24) is 10.0 Å². The van der Waals surface area contributed by atoms with E-state index in [9.17, 15) is 18.0 Å². The van der Waals surface area contributed by atoms with Crippen molar-refractivity contribution in [3.63, 3.8) is 0 Å². The van der Waals surface area contributed by atoms with Gasteiger partial charge in [0, 0.05) is 11.1 Å². The summed E-state index contributed by atoms with van der Waals surface area (Å²) in [6, 6.07) is 0. The molecule has 10 heteroatoms. The van der Waals surface area contributed by atoms with Crippen LogP contribution < -0.4 is 11.7 Å². The zero-order chi connectivity index (χ0) is 17.0. The zero-order valence-corrected chi connectivity index (χ0v) is 12.8. The van der Waals surface area contributed by atoms with Crippen LogP contribution in [0.1, 0.15) is 13.8 Å². The van der Waals surface area contributed by atoms with Crippen molar-refractivity contribution in [1.29, 1.82) is 0 Å². The van der Waals surface area contributed by atoms with Crippen LogP contribution in [-0.4, -0.2) is 53.1 Å². The van der Waals surface area contributed by atoms with E-state index >= 15 is 0 Å². The normalized spacial score (nSPS) is 11.1. The van der Waals surface area contributed by atoms with Crippen LogP contribution in [0.2, 0.25) is 0 Å². The fraction of sp³-hybridized carbons (Fsp3) is 0.455. The Hall–Kier alpha value is -1.75. The minimum Gasteiger partial charge on any atom is -0.285 e. The molecular formula is C11H20N4O5S. The van der Waals surface area contributed by atoms with Crippen molar-refractivity contribution >= 4 is 21.9 Å². The Bertz CT molecular complexity index is 523. The first-order valence-corrected chi connectivity index (χ1v) is 7.28. The van der Waals surface area contributed by atoms with E-state index in [2.05, 4.69) is 13.2 Å². The van der Waals surface area contributed by atoms with E-state index in [0.717, 1.165) is 0 Å². The molecule has 0 aliphatic rings. The quantitative estimate of drug-likeness (QED) is 0.175. The highest BCUT2D eigenvalue weighted by Gasteiger charge is 2.30. The number of amides is 2. The van der Waals surface area contributed by atoms with Crippen molar-refractivity contribution < 1.29 is 22.6 Å². The fourth-order valence-corrected chi connectivity index (χ4v) is 2.04. The van der Waals surface area contributed by atoms with Crippen molar-refractivity contribution in [3.8, 4) is 0 Å². The molecule has 0 spiro atoms. The van der Waals surface area contributed by atoms with Gasteiger partial charge in [0.15, 0.2) is 0 Å². The summed E-state index contributed by atoms with van der Waals surface area (Å²) < 4.78 is 31.8. The molecule has 2 amide bonds. The predicted octanol–water partition coefficient (Wildman–Crippen LogP) is -1.20. The van der Waals surface area contributed by atoms with Crippen LogP contribution in [0.5, 0.6) is 0 Å². The van der Waals surface area contributed by atoms with Gasteiger partial charge in [-0.3, -0.25) is 24.2 Å². The first kappa shape index (κ1) is 19.2.